The fourth-order valence-corrected chi connectivity index (χ4v) is 4.67. The number of anilines is 3. The zero-order valence-corrected chi connectivity index (χ0v) is 22.6. The highest BCUT2D eigenvalue weighted by atomic mass is 35.5. The summed E-state index contributed by atoms with van der Waals surface area (Å²) in [6, 6.07) is 5.99. The lowest BCUT2D eigenvalue weighted by Crippen LogP contribution is -2.54. The number of aromatic nitrogens is 4. The minimum atomic E-state index is -0.599. The zero-order chi connectivity index (χ0) is 26.9. The van der Waals surface area contributed by atoms with Crippen LogP contribution in [0, 0.1) is 0 Å². The van der Waals surface area contributed by atoms with Crippen molar-refractivity contribution in [3.8, 4) is 0 Å². The van der Waals surface area contributed by atoms with E-state index >= 15 is 0 Å². The quantitative estimate of drug-likeness (QED) is 0.261. The number of halogens is 1. The third-order valence-corrected chi connectivity index (χ3v) is 7.44. The van der Waals surface area contributed by atoms with Crippen molar-refractivity contribution < 1.29 is 9.59 Å². The van der Waals surface area contributed by atoms with Crippen molar-refractivity contribution in [2.24, 2.45) is 0 Å². The summed E-state index contributed by atoms with van der Waals surface area (Å²) >= 11 is 5.96. The van der Waals surface area contributed by atoms with Crippen molar-refractivity contribution in [2.45, 2.75) is 76.0 Å². The summed E-state index contributed by atoms with van der Waals surface area (Å²) in [7, 11) is 1.79. The Kier molecular flexibility index (Phi) is 7.40. The molecule has 38 heavy (non-hydrogen) atoms. The topological polar surface area (TPSA) is 137 Å². The van der Waals surface area contributed by atoms with Gasteiger partial charge in [0.05, 0.1) is 17.4 Å². The number of carbonyl (C=O) groups is 2. The lowest BCUT2D eigenvalue weighted by molar-refractivity contribution is -0.127. The summed E-state index contributed by atoms with van der Waals surface area (Å²) in [5, 5.41) is 21.2. The van der Waals surface area contributed by atoms with Gasteiger partial charge in [-0.25, -0.2) is 14.5 Å². The van der Waals surface area contributed by atoms with Gasteiger partial charge in [-0.05, 0) is 71.6 Å². The van der Waals surface area contributed by atoms with Crippen LogP contribution in [-0.4, -0.2) is 62.1 Å². The first-order valence-electron chi connectivity index (χ1n) is 13.1. The van der Waals surface area contributed by atoms with Crippen molar-refractivity contribution in [1.29, 1.82) is 0 Å². The van der Waals surface area contributed by atoms with Gasteiger partial charge in [-0.2, -0.15) is 0 Å². The monoisotopic (exact) mass is 539 g/mol. The number of fused-ring (bicyclic) bond motifs is 1. The molecule has 11 nitrogen and oxygen atoms in total. The van der Waals surface area contributed by atoms with Gasteiger partial charge in [0.15, 0.2) is 11.3 Å². The van der Waals surface area contributed by atoms with E-state index in [1.54, 1.807) is 23.7 Å². The van der Waals surface area contributed by atoms with Crippen LogP contribution in [0.2, 0.25) is 5.15 Å². The van der Waals surface area contributed by atoms with Crippen molar-refractivity contribution in [1.82, 2.24) is 30.2 Å². The van der Waals surface area contributed by atoms with Crippen LogP contribution < -0.4 is 26.6 Å². The molecule has 2 fully saturated rings. The largest absolute Gasteiger partial charge is 0.379 e. The van der Waals surface area contributed by atoms with Crippen LogP contribution in [0.25, 0.3) is 5.65 Å². The van der Waals surface area contributed by atoms with E-state index in [1.165, 1.54) is 12.4 Å². The number of likely N-dealkylation sites (N-methyl/N-ethyl adjacent to an activating group) is 1. The van der Waals surface area contributed by atoms with Crippen LogP contribution in [0.1, 0.15) is 62.9 Å². The Morgan fingerprint density at radius 3 is 2.37 bits per heavy atom. The fourth-order valence-electron chi connectivity index (χ4n) is 4.49. The molecule has 0 aliphatic heterocycles. The second kappa shape index (κ2) is 10.7. The molecule has 0 unspecified atom stereocenters. The third-order valence-electron chi connectivity index (χ3n) is 7.23. The number of hydrogen-bond acceptors (Lipinski definition) is 8. The van der Waals surface area contributed by atoms with E-state index in [4.69, 9.17) is 16.7 Å². The highest BCUT2D eigenvalue weighted by Gasteiger charge is 2.30. The second-order valence-corrected chi connectivity index (χ2v) is 11.0. The number of imidazole rings is 1. The van der Waals surface area contributed by atoms with Crippen molar-refractivity contribution in [3.63, 3.8) is 0 Å². The Labute approximate surface area is 226 Å². The molecular formula is C26H34ClN9O2. The Morgan fingerprint density at radius 1 is 1.00 bits per heavy atom. The summed E-state index contributed by atoms with van der Waals surface area (Å²) in [6.07, 6.45) is 8.83. The fraction of sp³-hybridized carbons (Fsp3) is 0.500. The van der Waals surface area contributed by atoms with E-state index < -0.39 is 5.54 Å². The Morgan fingerprint density at radius 2 is 1.68 bits per heavy atom. The SMILES string of the molecule is CNC(C)(C)C(=O)N[C@H]1CC[C@H](Nc2cc(NC3CC3)c3ncc(C(=O)Nc4ccnc(Cl)c4)n3n2)CC1. The van der Waals surface area contributed by atoms with Crippen LogP contribution in [-0.2, 0) is 4.79 Å². The second-order valence-electron chi connectivity index (χ2n) is 10.6. The summed E-state index contributed by atoms with van der Waals surface area (Å²) in [5.74, 6) is 0.338. The minimum Gasteiger partial charge on any atom is -0.379 e. The van der Waals surface area contributed by atoms with E-state index in [0.717, 1.165) is 44.2 Å². The molecule has 2 aliphatic rings. The number of amides is 2. The van der Waals surface area contributed by atoms with E-state index in [-0.39, 0.29) is 23.9 Å². The highest BCUT2D eigenvalue weighted by molar-refractivity contribution is 6.29. The number of nitrogens with one attached hydrogen (secondary N) is 5. The Hall–Kier alpha value is -3.44. The predicted molar refractivity (Wildman–Crippen MR) is 148 cm³/mol. The molecule has 2 aliphatic carbocycles. The van der Waals surface area contributed by atoms with Crippen LogP contribution in [0.3, 0.4) is 0 Å². The van der Waals surface area contributed by atoms with Gasteiger partial charge >= 0.3 is 0 Å². The minimum absolute atomic E-state index is 0.0132. The van der Waals surface area contributed by atoms with Crippen LogP contribution in [0.5, 0.6) is 0 Å². The molecule has 2 saturated carbocycles. The van der Waals surface area contributed by atoms with Crippen LogP contribution in [0.4, 0.5) is 17.2 Å². The maximum atomic E-state index is 13.1. The average Bonchev–Trinajstić information content (AvgIpc) is 3.60. The van der Waals surface area contributed by atoms with E-state index in [2.05, 4.69) is 36.6 Å². The molecule has 0 aromatic carbocycles. The number of carbonyl (C=O) groups excluding carboxylic acids is 2. The first-order valence-corrected chi connectivity index (χ1v) is 13.4. The molecule has 202 valence electrons. The maximum Gasteiger partial charge on any atom is 0.276 e. The molecule has 5 rings (SSSR count). The molecular weight excluding hydrogens is 506 g/mol. The molecule has 3 heterocycles. The van der Waals surface area contributed by atoms with Gasteiger partial charge in [0.25, 0.3) is 5.91 Å². The van der Waals surface area contributed by atoms with Gasteiger partial charge < -0.3 is 26.6 Å². The van der Waals surface area contributed by atoms with E-state index in [9.17, 15) is 9.59 Å². The first kappa shape index (κ1) is 26.2. The molecule has 0 bridgehead atoms. The van der Waals surface area contributed by atoms with Gasteiger partial charge in [0.2, 0.25) is 5.91 Å². The van der Waals surface area contributed by atoms with Crippen LogP contribution in [0.15, 0.2) is 30.6 Å². The molecule has 2 amide bonds. The smallest absolute Gasteiger partial charge is 0.276 e. The van der Waals surface area contributed by atoms with Gasteiger partial charge in [-0.15, -0.1) is 5.10 Å². The molecule has 12 heteroatoms. The Bertz CT molecular complexity index is 1330. The highest BCUT2D eigenvalue weighted by Crippen LogP contribution is 2.30. The lowest BCUT2D eigenvalue weighted by Gasteiger charge is -2.32. The number of pyridine rings is 1. The zero-order valence-electron chi connectivity index (χ0n) is 21.8. The standard InChI is InChI=1S/C26H34ClN9O2/c1-26(2,28-3)25(38)34-17-8-6-16(7-9-17)32-22-13-19(31-15-4-5-15)23-30-14-20(36(23)35-22)24(37)33-18-10-11-29-21(27)12-18/h10-17,28,31H,4-9H2,1-3H3,(H,32,35)(H,34,38)(H,29,33,37)/t16-,17-. The van der Waals surface area contributed by atoms with Crippen molar-refractivity contribution in [2.75, 3.05) is 23.0 Å². The summed E-state index contributed by atoms with van der Waals surface area (Å²) in [5.41, 5.74) is 1.69. The third kappa shape index (κ3) is 5.99. The number of rotatable bonds is 9. The van der Waals surface area contributed by atoms with E-state index in [0.29, 0.717) is 34.0 Å². The molecule has 0 radical (unpaired) electrons. The number of nitrogens with zero attached hydrogens (tertiary/aromatic N) is 4. The number of hydrogen-bond donors (Lipinski definition) is 5. The van der Waals surface area contributed by atoms with Crippen molar-refractivity contribution >= 4 is 46.3 Å². The van der Waals surface area contributed by atoms with Crippen LogP contribution >= 0.6 is 11.6 Å². The normalized spacial score (nSPS) is 19.7. The molecule has 0 atom stereocenters. The van der Waals surface area contributed by atoms with Gasteiger partial charge in [0.1, 0.15) is 11.0 Å². The van der Waals surface area contributed by atoms with Crippen molar-refractivity contribution in [3.05, 3.63) is 41.4 Å². The average molecular weight is 540 g/mol. The first-order chi connectivity index (χ1) is 18.2. The summed E-state index contributed by atoms with van der Waals surface area (Å²) in [6.45, 7) is 3.75. The Balaban J connectivity index is 1.31. The van der Waals surface area contributed by atoms with E-state index in [1.807, 2.05) is 19.9 Å². The molecule has 0 saturated heterocycles. The molecule has 5 N–H and O–H groups in total. The lowest BCUT2D eigenvalue weighted by atomic mass is 9.90. The summed E-state index contributed by atoms with van der Waals surface area (Å²) in [4.78, 5) is 34.1. The summed E-state index contributed by atoms with van der Waals surface area (Å²) < 4.78 is 1.58. The maximum absolute atomic E-state index is 13.1. The molecule has 3 aromatic heterocycles. The molecule has 3 aromatic rings. The van der Waals surface area contributed by atoms with Gasteiger partial charge in [-0.1, -0.05) is 11.6 Å². The van der Waals surface area contributed by atoms with Gasteiger partial charge in [-0.3, -0.25) is 9.59 Å². The predicted octanol–water partition coefficient (Wildman–Crippen LogP) is 3.44. The molecule has 0 spiro atoms. The van der Waals surface area contributed by atoms with Gasteiger partial charge in [0, 0.05) is 36.1 Å².